The first-order valence-electron chi connectivity index (χ1n) is 10.2. The SMILES string of the molecule is CC=CC(C=CC)=CC(C)CC1=CN(c2c(C)cc(C=CC)cc2C)CC1. The lowest BCUT2D eigenvalue weighted by atomic mass is 9.98. The van der Waals surface area contributed by atoms with Crippen LogP contribution in [-0.2, 0) is 0 Å². The Balaban J connectivity index is 2.16. The summed E-state index contributed by atoms with van der Waals surface area (Å²) in [6, 6.07) is 4.58. The molecule has 1 heteroatoms. The summed E-state index contributed by atoms with van der Waals surface area (Å²) in [5.74, 6) is 0.540. The van der Waals surface area contributed by atoms with Gasteiger partial charge in [0.1, 0.15) is 0 Å². The fourth-order valence-corrected chi connectivity index (χ4v) is 4.03. The van der Waals surface area contributed by atoms with Crippen molar-refractivity contribution in [3.63, 3.8) is 0 Å². The van der Waals surface area contributed by atoms with E-state index in [4.69, 9.17) is 0 Å². The number of benzene rings is 1. The smallest absolute Gasteiger partial charge is 0.0466 e. The van der Waals surface area contributed by atoms with Crippen LogP contribution in [0.15, 0.2) is 65.9 Å². The third kappa shape index (κ3) is 5.85. The Morgan fingerprint density at radius 1 is 1.04 bits per heavy atom. The monoisotopic (exact) mass is 361 g/mol. The predicted molar refractivity (Wildman–Crippen MR) is 122 cm³/mol. The zero-order valence-electron chi connectivity index (χ0n) is 17.9. The molecule has 1 aliphatic rings. The third-order valence-corrected chi connectivity index (χ3v) is 4.95. The Kier molecular flexibility index (Phi) is 7.91. The molecule has 1 aliphatic heterocycles. The summed E-state index contributed by atoms with van der Waals surface area (Å²) < 4.78 is 0. The van der Waals surface area contributed by atoms with Gasteiger partial charge < -0.3 is 4.90 Å². The lowest BCUT2D eigenvalue weighted by Crippen LogP contribution is -2.15. The molecule has 1 unspecified atom stereocenters. The topological polar surface area (TPSA) is 3.24 Å². The lowest BCUT2D eigenvalue weighted by Gasteiger charge is -2.21. The molecule has 0 saturated heterocycles. The van der Waals surface area contributed by atoms with Crippen LogP contribution in [0.3, 0.4) is 0 Å². The van der Waals surface area contributed by atoms with Crippen molar-refractivity contribution in [3.8, 4) is 0 Å². The number of nitrogens with zero attached hydrogens (tertiary/aromatic N) is 1. The predicted octanol–water partition coefficient (Wildman–Crippen LogP) is 7.54. The highest BCUT2D eigenvalue weighted by Crippen LogP contribution is 2.32. The Hall–Kier alpha value is -2.28. The number of hydrogen-bond acceptors (Lipinski definition) is 1. The van der Waals surface area contributed by atoms with Gasteiger partial charge in [0.15, 0.2) is 0 Å². The largest absolute Gasteiger partial charge is 0.347 e. The first-order valence-corrected chi connectivity index (χ1v) is 10.2. The fraction of sp³-hybridized carbons (Fsp3) is 0.385. The highest BCUT2D eigenvalue weighted by molar-refractivity contribution is 5.67. The van der Waals surface area contributed by atoms with Crippen LogP contribution in [0.2, 0.25) is 0 Å². The molecule has 0 aliphatic carbocycles. The second-order valence-electron chi connectivity index (χ2n) is 7.58. The molecule has 1 heterocycles. The Bertz CT molecular complexity index is 749. The average Bonchev–Trinajstić information content (AvgIpc) is 3.02. The molecule has 1 aromatic rings. The first kappa shape index (κ1) is 21.0. The molecule has 0 fully saturated rings. The molecule has 1 aromatic carbocycles. The summed E-state index contributed by atoms with van der Waals surface area (Å²) in [4.78, 5) is 2.45. The number of hydrogen-bond donors (Lipinski definition) is 0. The van der Waals surface area contributed by atoms with Crippen LogP contribution in [0.5, 0.6) is 0 Å². The van der Waals surface area contributed by atoms with Crippen molar-refractivity contribution in [3.05, 3.63) is 82.6 Å². The number of aryl methyl sites for hydroxylation is 2. The molecule has 1 nitrogen and oxygen atoms in total. The van der Waals surface area contributed by atoms with Crippen LogP contribution in [0.1, 0.15) is 57.2 Å². The molecule has 0 aromatic heterocycles. The highest BCUT2D eigenvalue weighted by Gasteiger charge is 2.18. The molecule has 0 saturated carbocycles. The van der Waals surface area contributed by atoms with E-state index in [0.29, 0.717) is 5.92 Å². The summed E-state index contributed by atoms with van der Waals surface area (Å²) in [5, 5.41) is 0. The van der Waals surface area contributed by atoms with E-state index in [9.17, 15) is 0 Å². The summed E-state index contributed by atoms with van der Waals surface area (Å²) in [6.45, 7) is 14.1. The van der Waals surface area contributed by atoms with Gasteiger partial charge >= 0.3 is 0 Å². The molecule has 0 radical (unpaired) electrons. The van der Waals surface area contributed by atoms with Gasteiger partial charge in [0, 0.05) is 18.4 Å². The average molecular weight is 362 g/mol. The zero-order valence-corrected chi connectivity index (χ0v) is 17.9. The van der Waals surface area contributed by atoms with Gasteiger partial charge in [0.05, 0.1) is 0 Å². The third-order valence-electron chi connectivity index (χ3n) is 4.95. The van der Waals surface area contributed by atoms with E-state index in [1.54, 1.807) is 5.57 Å². The lowest BCUT2D eigenvalue weighted by molar-refractivity contribution is 0.700. The summed E-state index contributed by atoms with van der Waals surface area (Å²) in [5.41, 5.74) is 8.24. The van der Waals surface area contributed by atoms with E-state index in [-0.39, 0.29) is 0 Å². The van der Waals surface area contributed by atoms with Gasteiger partial charge in [-0.2, -0.15) is 0 Å². The molecule has 0 N–H and O–H groups in total. The minimum Gasteiger partial charge on any atom is -0.347 e. The van der Waals surface area contributed by atoms with Crippen molar-refractivity contribution in [1.82, 2.24) is 0 Å². The van der Waals surface area contributed by atoms with Crippen LogP contribution >= 0.6 is 0 Å². The summed E-state index contributed by atoms with van der Waals surface area (Å²) >= 11 is 0. The van der Waals surface area contributed by atoms with Crippen LogP contribution < -0.4 is 4.90 Å². The van der Waals surface area contributed by atoms with Crippen LogP contribution in [0.25, 0.3) is 6.08 Å². The van der Waals surface area contributed by atoms with Gasteiger partial charge in [-0.15, -0.1) is 0 Å². The maximum atomic E-state index is 2.45. The highest BCUT2D eigenvalue weighted by atomic mass is 15.1. The molecular weight excluding hydrogens is 326 g/mol. The molecule has 27 heavy (non-hydrogen) atoms. The van der Waals surface area contributed by atoms with E-state index in [2.05, 4.69) is 107 Å². The Morgan fingerprint density at radius 2 is 1.67 bits per heavy atom. The molecule has 144 valence electrons. The first-order chi connectivity index (χ1) is 13.0. The quantitative estimate of drug-likeness (QED) is 0.453. The second-order valence-corrected chi connectivity index (χ2v) is 7.58. The summed E-state index contributed by atoms with van der Waals surface area (Å²) in [6.07, 6.45) is 19.9. The Labute approximate surface area is 166 Å². The molecule has 0 amide bonds. The van der Waals surface area contributed by atoms with E-state index < -0.39 is 0 Å². The Morgan fingerprint density at radius 3 is 2.22 bits per heavy atom. The molecule has 2 rings (SSSR count). The molecule has 0 spiro atoms. The van der Waals surface area contributed by atoms with Crippen molar-refractivity contribution in [2.24, 2.45) is 5.92 Å². The number of rotatable bonds is 7. The van der Waals surface area contributed by atoms with Crippen molar-refractivity contribution >= 4 is 11.8 Å². The fourth-order valence-electron chi connectivity index (χ4n) is 4.03. The second kappa shape index (κ2) is 10.2. The van der Waals surface area contributed by atoms with E-state index in [1.807, 2.05) is 0 Å². The maximum absolute atomic E-state index is 2.45. The number of anilines is 1. The van der Waals surface area contributed by atoms with Gasteiger partial charge in [0.25, 0.3) is 0 Å². The normalized spacial score (nSPS) is 15.9. The van der Waals surface area contributed by atoms with Crippen LogP contribution in [0.4, 0.5) is 5.69 Å². The van der Waals surface area contributed by atoms with Crippen molar-refractivity contribution in [2.75, 3.05) is 11.4 Å². The van der Waals surface area contributed by atoms with Crippen molar-refractivity contribution < 1.29 is 0 Å². The van der Waals surface area contributed by atoms with Crippen molar-refractivity contribution in [2.45, 2.75) is 54.4 Å². The van der Waals surface area contributed by atoms with Crippen LogP contribution in [-0.4, -0.2) is 6.54 Å². The summed E-state index contributed by atoms with van der Waals surface area (Å²) in [7, 11) is 0. The van der Waals surface area contributed by atoms with Gasteiger partial charge in [-0.3, -0.25) is 0 Å². The number of allylic oxidation sites excluding steroid dienone is 7. The van der Waals surface area contributed by atoms with Gasteiger partial charge in [-0.25, -0.2) is 0 Å². The molecule has 1 atom stereocenters. The van der Waals surface area contributed by atoms with Gasteiger partial charge in [-0.1, -0.05) is 55.0 Å². The van der Waals surface area contributed by atoms with E-state index in [0.717, 1.165) is 19.4 Å². The van der Waals surface area contributed by atoms with E-state index in [1.165, 1.54) is 28.0 Å². The minimum absolute atomic E-state index is 0.540. The zero-order chi connectivity index (χ0) is 19.8. The van der Waals surface area contributed by atoms with E-state index >= 15 is 0 Å². The van der Waals surface area contributed by atoms with Crippen molar-refractivity contribution in [1.29, 1.82) is 0 Å². The molecule has 0 bridgehead atoms. The standard InChI is InChI=1S/C26H35N/c1-7-10-23(11-8-2)15-20(4)16-25-13-14-27(19-25)26-21(5)17-24(12-9-3)18-22(26)6/h7-12,15,17-20H,13-14,16H2,1-6H3. The molecular formula is C26H35N. The van der Waals surface area contributed by atoms with Gasteiger partial charge in [-0.05, 0) is 87.8 Å². The maximum Gasteiger partial charge on any atom is 0.0466 e. The minimum atomic E-state index is 0.540. The van der Waals surface area contributed by atoms with Crippen LogP contribution in [0, 0.1) is 19.8 Å². The van der Waals surface area contributed by atoms with Gasteiger partial charge in [0.2, 0.25) is 0 Å².